The molecule has 0 aliphatic carbocycles. The molecule has 7 aromatic rings. The molecule has 9 nitrogen and oxygen atoms in total. The zero-order chi connectivity index (χ0) is 26.5. The Kier molecular flexibility index (Phi) is 4.29. The Hall–Kier alpha value is -4.93. The van der Waals surface area contributed by atoms with E-state index in [4.69, 9.17) is 0 Å². The summed E-state index contributed by atoms with van der Waals surface area (Å²) in [6.07, 6.45) is 0. The fourth-order valence-corrected chi connectivity index (χ4v) is 6.10. The third-order valence-electron chi connectivity index (χ3n) is 7.07. The first-order valence-corrected chi connectivity index (χ1v) is 12.9. The molecule has 1 heterocycles. The van der Waals surface area contributed by atoms with Crippen molar-refractivity contribution in [3.63, 3.8) is 0 Å². The first-order chi connectivity index (χ1) is 18.2. The maximum atomic E-state index is 13.6. The zero-order valence-electron chi connectivity index (χ0n) is 19.2. The Morgan fingerprint density at radius 1 is 0.500 bits per heavy atom. The van der Waals surface area contributed by atoms with Crippen LogP contribution < -0.4 is 31.7 Å². The summed E-state index contributed by atoms with van der Waals surface area (Å²) in [5.74, 6) is 0. The Balaban J connectivity index is 1.69. The van der Waals surface area contributed by atoms with Gasteiger partial charge in [-0.15, -0.1) is 0 Å². The fourth-order valence-electron chi connectivity index (χ4n) is 5.39. The van der Waals surface area contributed by atoms with Gasteiger partial charge in [-0.25, -0.2) is 0 Å². The number of aromatic nitrogens is 2. The van der Waals surface area contributed by atoms with E-state index in [-0.39, 0.29) is 48.7 Å². The van der Waals surface area contributed by atoms with Gasteiger partial charge in [0.25, 0.3) is 32.2 Å². The summed E-state index contributed by atoms with van der Waals surface area (Å²) in [6.45, 7) is 0. The van der Waals surface area contributed by atoms with Crippen LogP contribution in [0.3, 0.4) is 0 Å². The number of aromatic amines is 2. The quantitative estimate of drug-likeness (QED) is 0.196. The van der Waals surface area contributed by atoms with Crippen LogP contribution in [-0.2, 0) is 10.1 Å². The van der Waals surface area contributed by atoms with Gasteiger partial charge in [-0.05, 0) is 18.2 Å². The maximum Gasteiger partial charge on any atom is 0.295 e. The van der Waals surface area contributed by atoms with E-state index in [0.717, 1.165) is 6.07 Å². The van der Waals surface area contributed by atoms with Crippen LogP contribution in [0.1, 0.15) is 0 Å². The molecule has 0 bridgehead atoms. The summed E-state index contributed by atoms with van der Waals surface area (Å²) in [4.78, 5) is 59.2. The molecule has 0 aliphatic heterocycles. The van der Waals surface area contributed by atoms with Crippen LogP contribution in [0.2, 0.25) is 0 Å². The van der Waals surface area contributed by atoms with E-state index in [1.807, 2.05) is 0 Å². The molecule has 0 aliphatic rings. The number of hydrogen-bond donors (Lipinski definition) is 1. The highest BCUT2D eigenvalue weighted by atomic mass is 32.2. The summed E-state index contributed by atoms with van der Waals surface area (Å²) >= 11 is 0. The fraction of sp³-hybridized carbons (Fsp3) is 0. The largest absolute Gasteiger partial charge is 0.295 e. The minimum absolute atomic E-state index is 0.0242. The smallest absolute Gasteiger partial charge is 0.289 e. The lowest BCUT2D eigenvalue weighted by Crippen LogP contribution is -2.24. The minimum atomic E-state index is -4.76. The van der Waals surface area contributed by atoms with E-state index in [2.05, 4.69) is 9.97 Å². The van der Waals surface area contributed by atoms with Crippen LogP contribution in [0.4, 0.5) is 0 Å². The molecule has 0 unspecified atom stereocenters. The lowest BCUT2D eigenvalue weighted by molar-refractivity contribution is -0.359. The number of hydrogen-bond acceptors (Lipinski definition) is 6. The van der Waals surface area contributed by atoms with Crippen molar-refractivity contribution < 1.29 is 22.9 Å². The molecule has 0 fully saturated rings. The average Bonchev–Trinajstić information content (AvgIpc) is 2.91. The van der Waals surface area contributed by atoms with E-state index in [9.17, 15) is 32.1 Å². The van der Waals surface area contributed by atoms with Gasteiger partial charge in [-0.3, -0.25) is 23.7 Å². The maximum absolute atomic E-state index is 13.6. The summed E-state index contributed by atoms with van der Waals surface area (Å²) in [5.41, 5.74) is -0.475. The summed E-state index contributed by atoms with van der Waals surface area (Å²) in [7, 11) is -4.76. The standard InChI is InChI=1S/C28H12N2O7S/c31-25-12-4-1-2-5-13(12)26(32)21-15(25)8-10-17-23(21)29-18-11-9-16-22(24(18)30-17)28(34)14-6-3-7-19(38(35,36)37)20(14)27(16)33/h1-11H,(H,35,36,37)/p+2. The van der Waals surface area contributed by atoms with Gasteiger partial charge in [0.15, 0.2) is 10.9 Å². The Labute approximate surface area is 210 Å². The average molecular weight is 522 g/mol. The van der Waals surface area contributed by atoms with Gasteiger partial charge in [-0.2, -0.15) is 18.4 Å². The number of H-pyrrole nitrogens is 2. The van der Waals surface area contributed by atoms with Crippen molar-refractivity contribution in [2.45, 2.75) is 4.90 Å². The van der Waals surface area contributed by atoms with Gasteiger partial charge >= 0.3 is 0 Å². The normalized spacial score (nSPS) is 12.4. The number of nitrogens with one attached hydrogen (secondary N) is 2. The van der Waals surface area contributed by atoms with E-state index in [0.29, 0.717) is 27.3 Å². The molecule has 182 valence electrons. The number of fused-ring (bicyclic) bond motifs is 8. The van der Waals surface area contributed by atoms with Crippen molar-refractivity contribution in [3.05, 3.63) is 108 Å². The van der Waals surface area contributed by atoms with Gasteiger partial charge in [0.1, 0.15) is 15.7 Å². The predicted molar refractivity (Wildman–Crippen MR) is 142 cm³/mol. The highest BCUT2D eigenvalue weighted by molar-refractivity contribution is 7.86. The van der Waals surface area contributed by atoms with Crippen LogP contribution in [0, 0.1) is 0 Å². The SMILES string of the molecule is O=c1c2ccccc2c(=O)c2c1ccc1[nH+]c3c(ccc4c(=O)c5c(S(=O)(=O)O)cccc5c(=O)c43)[nH+]c12. The summed E-state index contributed by atoms with van der Waals surface area (Å²) in [5, 5.41) is 0.534. The third kappa shape index (κ3) is 2.81. The van der Waals surface area contributed by atoms with Crippen LogP contribution in [0.5, 0.6) is 0 Å². The van der Waals surface area contributed by atoms with E-state index < -0.39 is 25.9 Å². The molecule has 7 rings (SSSR count). The molecule has 0 atom stereocenters. The van der Waals surface area contributed by atoms with Crippen molar-refractivity contribution in [2.75, 3.05) is 0 Å². The van der Waals surface area contributed by atoms with Crippen LogP contribution in [-0.4, -0.2) is 13.0 Å². The van der Waals surface area contributed by atoms with Gasteiger partial charge in [0.2, 0.25) is 10.9 Å². The van der Waals surface area contributed by atoms with Gasteiger partial charge < -0.3 is 0 Å². The van der Waals surface area contributed by atoms with Gasteiger partial charge in [-0.1, -0.05) is 36.4 Å². The van der Waals surface area contributed by atoms with Crippen LogP contribution in [0.25, 0.3) is 65.2 Å². The van der Waals surface area contributed by atoms with Crippen molar-refractivity contribution in [3.8, 4) is 0 Å². The molecule has 0 amide bonds. The first-order valence-electron chi connectivity index (χ1n) is 11.4. The van der Waals surface area contributed by atoms with Gasteiger partial charge in [0.05, 0.1) is 5.39 Å². The van der Waals surface area contributed by atoms with E-state index >= 15 is 0 Å². The van der Waals surface area contributed by atoms with E-state index in [1.165, 1.54) is 24.3 Å². The molecule has 1 aromatic heterocycles. The lowest BCUT2D eigenvalue weighted by Gasteiger charge is -2.04. The van der Waals surface area contributed by atoms with Crippen LogP contribution >= 0.6 is 0 Å². The minimum Gasteiger partial charge on any atom is -0.289 e. The highest BCUT2D eigenvalue weighted by Gasteiger charge is 2.27. The van der Waals surface area contributed by atoms with Crippen molar-refractivity contribution in [1.29, 1.82) is 0 Å². The highest BCUT2D eigenvalue weighted by Crippen LogP contribution is 2.24. The molecule has 0 spiro atoms. The third-order valence-corrected chi connectivity index (χ3v) is 7.96. The zero-order valence-corrected chi connectivity index (χ0v) is 20.0. The molecule has 0 saturated heterocycles. The molecular weight excluding hydrogens is 508 g/mol. The Morgan fingerprint density at radius 2 is 0.947 bits per heavy atom. The Morgan fingerprint density at radius 3 is 1.53 bits per heavy atom. The number of rotatable bonds is 1. The molecule has 0 saturated carbocycles. The predicted octanol–water partition coefficient (Wildman–Crippen LogP) is 1.80. The lowest BCUT2D eigenvalue weighted by atomic mass is 9.99. The molecule has 38 heavy (non-hydrogen) atoms. The molecular formula is C28H14N2O7S+2. The molecule has 3 N–H and O–H groups in total. The monoisotopic (exact) mass is 522 g/mol. The second kappa shape index (κ2) is 7.31. The molecule has 10 heteroatoms. The topological polar surface area (TPSA) is 151 Å². The summed E-state index contributed by atoms with van der Waals surface area (Å²) in [6, 6.07) is 16.3. The molecule has 6 aromatic carbocycles. The van der Waals surface area contributed by atoms with Gasteiger partial charge in [0, 0.05) is 39.1 Å². The van der Waals surface area contributed by atoms with Crippen molar-refractivity contribution in [1.82, 2.24) is 0 Å². The second-order valence-corrected chi connectivity index (χ2v) is 10.5. The Bertz CT molecular complexity index is 2570. The van der Waals surface area contributed by atoms with Crippen molar-refractivity contribution in [2.24, 2.45) is 0 Å². The van der Waals surface area contributed by atoms with Crippen LogP contribution in [0.15, 0.2) is 90.8 Å². The van der Waals surface area contributed by atoms with Crippen molar-refractivity contribution >= 4 is 75.3 Å². The first kappa shape index (κ1) is 22.3. The van der Waals surface area contributed by atoms with E-state index in [1.54, 1.807) is 36.4 Å². The second-order valence-electron chi connectivity index (χ2n) is 9.09. The summed E-state index contributed by atoms with van der Waals surface area (Å²) < 4.78 is 33.4. The molecule has 0 radical (unpaired) electrons. The number of benzene rings is 6.